The summed E-state index contributed by atoms with van der Waals surface area (Å²) in [5.41, 5.74) is 4.98. The van der Waals surface area contributed by atoms with Crippen LogP contribution in [0.3, 0.4) is 0 Å². The fourth-order valence-electron chi connectivity index (χ4n) is 0.507. The monoisotopic (exact) mass is 193 g/mol. The van der Waals surface area contributed by atoms with Gasteiger partial charge in [-0.05, 0) is 12.8 Å². The zero-order chi connectivity index (χ0) is 8.53. The van der Waals surface area contributed by atoms with Crippen LogP contribution < -0.4 is 5.73 Å². The first-order valence-electron chi connectivity index (χ1n) is 3.80. The molecule has 0 aromatic heterocycles. The highest BCUT2D eigenvalue weighted by Crippen LogP contribution is 2.22. The van der Waals surface area contributed by atoms with Crippen LogP contribution in [0.25, 0.3) is 0 Å². The molecule has 0 unspecified atom stereocenters. The van der Waals surface area contributed by atoms with Gasteiger partial charge in [0.05, 0.1) is 0 Å². The molecule has 0 saturated heterocycles. The number of primary amides is 1. The van der Waals surface area contributed by atoms with Gasteiger partial charge >= 0.3 is 0 Å². The van der Waals surface area contributed by atoms with Crippen LogP contribution in [-0.2, 0) is 4.79 Å². The minimum Gasteiger partial charge on any atom is -0.370 e. The second-order valence-corrected chi connectivity index (χ2v) is 4.92. The number of carbonyl (C=O) groups excluding carboxylic acids is 1. The van der Waals surface area contributed by atoms with Gasteiger partial charge in [-0.15, -0.1) is 0 Å². The average molecular weight is 193 g/mol. The minimum absolute atomic E-state index is 0.189. The molecular formula is C7H15NOS2. The molecule has 0 rings (SSSR count). The van der Waals surface area contributed by atoms with Crippen molar-refractivity contribution in [1.29, 1.82) is 0 Å². The summed E-state index contributed by atoms with van der Waals surface area (Å²) in [6, 6.07) is 0. The van der Waals surface area contributed by atoms with E-state index < -0.39 is 0 Å². The van der Waals surface area contributed by atoms with E-state index in [0.29, 0.717) is 6.42 Å². The van der Waals surface area contributed by atoms with Crippen molar-refractivity contribution in [2.24, 2.45) is 5.73 Å². The lowest BCUT2D eigenvalue weighted by molar-refractivity contribution is -0.118. The molecule has 0 aromatic rings. The second-order valence-electron chi connectivity index (χ2n) is 2.21. The third-order valence-corrected chi connectivity index (χ3v) is 3.72. The first-order chi connectivity index (χ1) is 5.27. The van der Waals surface area contributed by atoms with Gasteiger partial charge in [0.15, 0.2) is 0 Å². The standard InChI is InChI=1S/C7H15NOS2/c1-2-5-10-11-6-3-4-7(8)9/h2-6H2,1H3,(H2,8,9). The van der Waals surface area contributed by atoms with E-state index in [4.69, 9.17) is 5.73 Å². The minimum atomic E-state index is -0.189. The van der Waals surface area contributed by atoms with Gasteiger partial charge in [-0.25, -0.2) is 0 Å². The smallest absolute Gasteiger partial charge is 0.217 e. The molecule has 0 atom stereocenters. The van der Waals surface area contributed by atoms with Crippen LogP contribution >= 0.6 is 21.6 Å². The molecular weight excluding hydrogens is 178 g/mol. The number of rotatable bonds is 7. The van der Waals surface area contributed by atoms with Gasteiger partial charge in [0, 0.05) is 17.9 Å². The maximum atomic E-state index is 10.3. The summed E-state index contributed by atoms with van der Waals surface area (Å²) in [7, 11) is 3.70. The molecule has 0 heterocycles. The summed E-state index contributed by atoms with van der Waals surface area (Å²) in [6.45, 7) is 2.16. The van der Waals surface area contributed by atoms with E-state index in [1.54, 1.807) is 0 Å². The first kappa shape index (κ1) is 11.2. The highest BCUT2D eigenvalue weighted by Gasteiger charge is 1.94. The number of hydrogen-bond acceptors (Lipinski definition) is 3. The molecule has 0 fully saturated rings. The lowest BCUT2D eigenvalue weighted by atomic mass is 10.3. The van der Waals surface area contributed by atoms with Crippen molar-refractivity contribution in [3.8, 4) is 0 Å². The average Bonchev–Trinajstić information content (AvgIpc) is 1.96. The molecule has 2 N–H and O–H groups in total. The third kappa shape index (κ3) is 10.2. The van der Waals surface area contributed by atoms with Crippen LogP contribution in [0.15, 0.2) is 0 Å². The predicted molar refractivity (Wildman–Crippen MR) is 53.6 cm³/mol. The zero-order valence-electron chi connectivity index (χ0n) is 6.84. The van der Waals surface area contributed by atoms with Crippen molar-refractivity contribution < 1.29 is 4.79 Å². The van der Waals surface area contributed by atoms with Crippen LogP contribution in [0.5, 0.6) is 0 Å². The van der Waals surface area contributed by atoms with E-state index >= 15 is 0 Å². The van der Waals surface area contributed by atoms with Crippen LogP contribution in [-0.4, -0.2) is 17.4 Å². The Labute approximate surface area is 76.1 Å². The van der Waals surface area contributed by atoms with E-state index in [0.717, 1.165) is 12.2 Å². The topological polar surface area (TPSA) is 43.1 Å². The summed E-state index contributed by atoms with van der Waals surface area (Å²) in [4.78, 5) is 10.3. The van der Waals surface area contributed by atoms with Gasteiger partial charge in [0.2, 0.25) is 5.91 Å². The summed E-state index contributed by atoms with van der Waals surface area (Å²) >= 11 is 0. The zero-order valence-corrected chi connectivity index (χ0v) is 8.47. The Hall–Kier alpha value is 0.170. The molecule has 0 radical (unpaired) electrons. The second kappa shape index (κ2) is 8.27. The fraction of sp³-hybridized carbons (Fsp3) is 0.857. The number of hydrogen-bond donors (Lipinski definition) is 1. The number of amides is 1. The molecule has 0 aliphatic rings. The van der Waals surface area contributed by atoms with Crippen molar-refractivity contribution >= 4 is 27.5 Å². The van der Waals surface area contributed by atoms with Gasteiger partial charge in [-0.1, -0.05) is 28.5 Å². The Morgan fingerprint density at radius 1 is 1.36 bits per heavy atom. The van der Waals surface area contributed by atoms with Crippen molar-refractivity contribution in [3.05, 3.63) is 0 Å². The lowest BCUT2D eigenvalue weighted by Crippen LogP contribution is -2.09. The van der Waals surface area contributed by atoms with Crippen molar-refractivity contribution in [2.45, 2.75) is 26.2 Å². The molecule has 0 aliphatic heterocycles. The Balaban J connectivity index is 2.85. The number of carbonyl (C=O) groups is 1. The highest BCUT2D eigenvalue weighted by molar-refractivity contribution is 8.76. The normalized spacial score (nSPS) is 9.91. The Bertz CT molecular complexity index is 109. The Morgan fingerprint density at radius 2 is 2.00 bits per heavy atom. The van der Waals surface area contributed by atoms with E-state index in [1.165, 1.54) is 12.2 Å². The summed E-state index contributed by atoms with van der Waals surface area (Å²) in [5, 5.41) is 0. The van der Waals surface area contributed by atoms with E-state index in [9.17, 15) is 4.79 Å². The number of nitrogens with two attached hydrogens (primary N) is 1. The molecule has 0 aliphatic carbocycles. The molecule has 2 nitrogen and oxygen atoms in total. The molecule has 4 heteroatoms. The van der Waals surface area contributed by atoms with Crippen LogP contribution in [0.1, 0.15) is 26.2 Å². The van der Waals surface area contributed by atoms with E-state index in [-0.39, 0.29) is 5.91 Å². The SMILES string of the molecule is CCCSSCCCC(N)=O. The van der Waals surface area contributed by atoms with Gasteiger partial charge in [0.1, 0.15) is 0 Å². The van der Waals surface area contributed by atoms with Crippen molar-refractivity contribution in [1.82, 2.24) is 0 Å². The summed E-state index contributed by atoms with van der Waals surface area (Å²) in [5.74, 6) is 2.04. The maximum Gasteiger partial charge on any atom is 0.217 e. The quantitative estimate of drug-likeness (QED) is 0.497. The largest absolute Gasteiger partial charge is 0.370 e. The Kier molecular flexibility index (Phi) is 8.40. The van der Waals surface area contributed by atoms with E-state index in [2.05, 4.69) is 6.92 Å². The predicted octanol–water partition coefficient (Wildman–Crippen LogP) is 2.04. The third-order valence-electron chi connectivity index (χ3n) is 1.02. The molecule has 0 bridgehead atoms. The van der Waals surface area contributed by atoms with Crippen LogP contribution in [0.2, 0.25) is 0 Å². The van der Waals surface area contributed by atoms with Gasteiger partial charge in [-0.3, -0.25) is 4.79 Å². The molecule has 0 saturated carbocycles. The molecule has 1 amide bonds. The highest BCUT2D eigenvalue weighted by atomic mass is 33.1. The van der Waals surface area contributed by atoms with E-state index in [1.807, 2.05) is 21.6 Å². The lowest BCUT2D eigenvalue weighted by Gasteiger charge is -1.97. The molecule has 0 aromatic carbocycles. The van der Waals surface area contributed by atoms with Gasteiger partial charge < -0.3 is 5.73 Å². The summed E-state index contributed by atoms with van der Waals surface area (Å²) < 4.78 is 0. The fourth-order valence-corrected chi connectivity index (χ4v) is 2.73. The van der Waals surface area contributed by atoms with Gasteiger partial charge in [-0.2, -0.15) is 0 Å². The van der Waals surface area contributed by atoms with Gasteiger partial charge in [0.25, 0.3) is 0 Å². The maximum absolute atomic E-state index is 10.3. The van der Waals surface area contributed by atoms with Crippen LogP contribution in [0, 0.1) is 0 Å². The van der Waals surface area contributed by atoms with Crippen molar-refractivity contribution in [3.63, 3.8) is 0 Å². The van der Waals surface area contributed by atoms with Crippen molar-refractivity contribution in [2.75, 3.05) is 11.5 Å². The molecule has 0 spiro atoms. The Morgan fingerprint density at radius 3 is 2.55 bits per heavy atom. The summed E-state index contributed by atoms with van der Waals surface area (Å²) in [6.07, 6.45) is 2.66. The molecule has 11 heavy (non-hydrogen) atoms. The molecule has 66 valence electrons. The first-order valence-corrected chi connectivity index (χ1v) is 6.29. The van der Waals surface area contributed by atoms with Crippen LogP contribution in [0.4, 0.5) is 0 Å².